The summed E-state index contributed by atoms with van der Waals surface area (Å²) in [6.45, 7) is 1.87. The molecule has 252 valence electrons. The van der Waals surface area contributed by atoms with E-state index >= 15 is 0 Å². The second-order valence-electron chi connectivity index (χ2n) is 9.93. The number of hydrogen-bond donors (Lipinski definition) is 5. The summed E-state index contributed by atoms with van der Waals surface area (Å²) in [5.74, 6) is 1.22. The number of rotatable bonds is 4. The quantitative estimate of drug-likeness (QED) is 0.118. The summed E-state index contributed by atoms with van der Waals surface area (Å²) in [6.07, 6.45) is 1.66. The maximum atomic E-state index is 5.66. The van der Waals surface area contributed by atoms with Crippen LogP contribution in [0.4, 0.5) is 5.95 Å². The highest BCUT2D eigenvalue weighted by Gasteiger charge is 2.05. The van der Waals surface area contributed by atoms with Crippen molar-refractivity contribution in [3.63, 3.8) is 0 Å². The number of H-pyrrole nitrogens is 4. The van der Waals surface area contributed by atoms with Gasteiger partial charge in [-0.3, -0.25) is 29.0 Å². The Kier molecular flexibility index (Phi) is 12.3. The number of hydrogen-bond acceptors (Lipinski definition) is 10. The number of nitrogens with one attached hydrogen (secondary N) is 4. The minimum atomic E-state index is 0.420. The third kappa shape index (κ3) is 9.14. The lowest BCUT2D eigenvalue weighted by atomic mass is 10.3. The molecule has 0 aliphatic heterocycles. The van der Waals surface area contributed by atoms with Gasteiger partial charge < -0.3 is 5.73 Å². The minimum absolute atomic E-state index is 0.420. The fourth-order valence-electron chi connectivity index (χ4n) is 4.36. The van der Waals surface area contributed by atoms with Gasteiger partial charge in [0.1, 0.15) is 12.2 Å². The van der Waals surface area contributed by atoms with Gasteiger partial charge in [-0.1, -0.05) is 83.1 Å². The zero-order chi connectivity index (χ0) is 35.3. The van der Waals surface area contributed by atoms with E-state index < -0.39 is 0 Å². The summed E-state index contributed by atoms with van der Waals surface area (Å²) in [6, 6.07) is 39.0. The zero-order valence-electron chi connectivity index (χ0n) is 26.4. The molecule has 6 N–H and O–H groups in total. The van der Waals surface area contributed by atoms with E-state index in [0.717, 1.165) is 28.6 Å². The number of para-hydroxylation sites is 4. The van der Waals surface area contributed by atoms with Crippen LogP contribution in [-0.4, -0.2) is 64.5 Å². The van der Waals surface area contributed by atoms with Crippen molar-refractivity contribution < 1.29 is 0 Å². The van der Waals surface area contributed by atoms with Crippen LogP contribution in [-0.2, 0) is 0 Å². The predicted octanol–water partition coefficient (Wildman–Crippen LogP) is 7.01. The van der Waals surface area contributed by atoms with Gasteiger partial charge in [-0.05, 0) is 104 Å². The third-order valence-electron chi connectivity index (χ3n) is 6.63. The summed E-state index contributed by atoms with van der Waals surface area (Å²) in [4.78, 5) is 0. The average Bonchev–Trinajstić information content (AvgIpc) is 3.95. The second-order valence-corrected chi connectivity index (χ2v) is 11.5. The third-order valence-corrected chi connectivity index (χ3v) is 7.76. The van der Waals surface area contributed by atoms with Crippen LogP contribution in [0.3, 0.4) is 0 Å². The normalized spacial score (nSPS) is 10.1. The Morgan fingerprint density at radius 3 is 1.46 bits per heavy atom. The van der Waals surface area contributed by atoms with Gasteiger partial charge >= 0.3 is 0 Å². The monoisotopic (exact) mass is 738 g/mol. The number of nitrogens with zero attached hydrogens (tertiary/aromatic N) is 9. The maximum Gasteiger partial charge on any atom is 0.242 e. The van der Waals surface area contributed by atoms with Crippen molar-refractivity contribution in [2.45, 2.75) is 6.92 Å². The van der Waals surface area contributed by atoms with Gasteiger partial charge in [-0.15, -0.1) is 10.2 Å². The first-order valence-electron chi connectivity index (χ1n) is 14.7. The molecule has 8 rings (SSSR count). The largest absolute Gasteiger partial charge is 0.368 e. The molecule has 0 fully saturated rings. The number of nitrogen functional groups attached to an aromatic ring is 1. The molecular formula is C32H30N14S4. The molecule has 0 aliphatic carbocycles. The number of benzene rings is 4. The summed E-state index contributed by atoms with van der Waals surface area (Å²) in [7, 11) is 0. The fourth-order valence-corrected chi connectivity index (χ4v) is 5.31. The first-order chi connectivity index (χ1) is 24.3. The molecule has 0 saturated heterocycles. The lowest BCUT2D eigenvalue weighted by Crippen LogP contribution is -2.01. The van der Waals surface area contributed by atoms with Crippen LogP contribution in [0.5, 0.6) is 0 Å². The number of anilines is 1. The van der Waals surface area contributed by atoms with Crippen LogP contribution in [0.15, 0.2) is 128 Å². The number of aromatic nitrogens is 13. The van der Waals surface area contributed by atoms with Crippen molar-refractivity contribution in [1.29, 1.82) is 0 Å². The summed E-state index contributed by atoms with van der Waals surface area (Å²) in [5, 5.41) is 29.7. The fraction of sp³-hybridized carbons (Fsp3) is 0.0312. The van der Waals surface area contributed by atoms with E-state index in [2.05, 4.69) is 46.1 Å². The molecule has 8 aromatic rings. The molecule has 50 heavy (non-hydrogen) atoms. The van der Waals surface area contributed by atoms with Gasteiger partial charge in [0.25, 0.3) is 0 Å². The molecule has 0 unspecified atom stereocenters. The number of aromatic amines is 4. The standard InChI is InChI=1S/C9H10N4.C8H7N3S2.C8H7N3S.C7H6N4S/c1-7-11-12-9(10)13(7)8-5-3-2-4-6-8;12-7-9-10-8(13)11(7)6-4-2-1-3-5-6;12-8-10-9-6-11(8)7-4-2-1-3-5-7;12-7-8-9-10-11(7)6-4-2-1-3-5-6/h2-6H,1H3,(H2,10,12);1-5H,(H,9,12)(H,10,13);1-6H,(H,10,12);1-5H,(H,8,10,12). The molecule has 0 radical (unpaired) electrons. The van der Waals surface area contributed by atoms with Crippen molar-refractivity contribution >= 4 is 54.8 Å². The van der Waals surface area contributed by atoms with E-state index in [0.29, 0.717) is 25.0 Å². The molecule has 4 aromatic heterocycles. The second kappa shape index (κ2) is 17.4. The van der Waals surface area contributed by atoms with Crippen LogP contribution in [0, 0.1) is 26.0 Å². The van der Waals surface area contributed by atoms with Crippen LogP contribution in [0.25, 0.3) is 22.7 Å². The van der Waals surface area contributed by atoms with Crippen molar-refractivity contribution in [3.8, 4) is 22.7 Å². The summed E-state index contributed by atoms with van der Waals surface area (Å²) >= 11 is 20.1. The van der Waals surface area contributed by atoms with E-state index in [1.54, 1.807) is 20.1 Å². The van der Waals surface area contributed by atoms with Crippen molar-refractivity contribution in [2.24, 2.45) is 0 Å². The first-order valence-corrected chi connectivity index (χ1v) is 16.4. The van der Waals surface area contributed by atoms with E-state index in [9.17, 15) is 0 Å². The molecule has 0 aliphatic rings. The van der Waals surface area contributed by atoms with E-state index in [-0.39, 0.29) is 0 Å². The SMILES string of the molecule is Cc1nnc(N)n1-c1ccccc1.S=c1[nH][nH]c(=S)n1-c1ccccc1.S=c1[nH]ncn1-c1ccccc1.S=c1nn[nH]n1-c1ccccc1. The van der Waals surface area contributed by atoms with Crippen LogP contribution in [0.2, 0.25) is 0 Å². The molecule has 0 atom stereocenters. The number of aryl methyl sites for hydroxylation is 1. The van der Waals surface area contributed by atoms with Crippen LogP contribution in [0.1, 0.15) is 5.82 Å². The first kappa shape index (κ1) is 35.4. The molecule has 4 heterocycles. The van der Waals surface area contributed by atoms with Crippen LogP contribution < -0.4 is 5.73 Å². The highest BCUT2D eigenvalue weighted by Crippen LogP contribution is 2.13. The van der Waals surface area contributed by atoms with Crippen LogP contribution >= 0.6 is 48.9 Å². The summed E-state index contributed by atoms with van der Waals surface area (Å²) < 4.78 is 9.23. The van der Waals surface area contributed by atoms with Crippen molar-refractivity contribution in [1.82, 2.24) is 64.5 Å². The molecule has 0 bridgehead atoms. The Morgan fingerprint density at radius 1 is 0.560 bits per heavy atom. The zero-order valence-corrected chi connectivity index (χ0v) is 29.6. The van der Waals surface area contributed by atoms with Crippen molar-refractivity contribution in [3.05, 3.63) is 153 Å². The molecule has 0 amide bonds. The summed E-state index contributed by atoms with van der Waals surface area (Å²) in [5.41, 5.74) is 9.58. The van der Waals surface area contributed by atoms with Gasteiger partial charge in [0.15, 0.2) is 14.3 Å². The predicted molar refractivity (Wildman–Crippen MR) is 202 cm³/mol. The Balaban J connectivity index is 0.000000130. The topological polar surface area (TPSA) is 173 Å². The minimum Gasteiger partial charge on any atom is -0.368 e. The van der Waals surface area contributed by atoms with Gasteiger partial charge in [0, 0.05) is 5.69 Å². The molecular weight excluding hydrogens is 709 g/mol. The Labute approximate surface area is 305 Å². The van der Waals surface area contributed by atoms with Gasteiger partial charge in [-0.2, -0.15) is 10.3 Å². The lowest BCUT2D eigenvalue weighted by Gasteiger charge is -2.04. The van der Waals surface area contributed by atoms with Crippen molar-refractivity contribution in [2.75, 3.05) is 5.73 Å². The van der Waals surface area contributed by atoms with E-state index in [4.69, 9.17) is 54.6 Å². The molecule has 4 aromatic carbocycles. The molecule has 0 saturated carbocycles. The number of nitrogens with two attached hydrogens (primary N) is 1. The maximum absolute atomic E-state index is 5.66. The Hall–Kier alpha value is -5.95. The lowest BCUT2D eigenvalue weighted by molar-refractivity contribution is 0.786. The smallest absolute Gasteiger partial charge is 0.242 e. The Morgan fingerprint density at radius 2 is 1.04 bits per heavy atom. The highest BCUT2D eigenvalue weighted by atomic mass is 32.1. The van der Waals surface area contributed by atoms with Gasteiger partial charge in [-0.25, -0.2) is 4.68 Å². The van der Waals surface area contributed by atoms with E-state index in [1.165, 1.54) is 0 Å². The molecule has 14 nitrogen and oxygen atoms in total. The van der Waals surface area contributed by atoms with Gasteiger partial charge in [0.05, 0.1) is 17.1 Å². The molecule has 0 spiro atoms. The number of tetrazole rings is 1. The molecule has 18 heteroatoms. The van der Waals surface area contributed by atoms with Gasteiger partial charge in [0.2, 0.25) is 10.7 Å². The highest BCUT2D eigenvalue weighted by molar-refractivity contribution is 7.72. The van der Waals surface area contributed by atoms with E-state index in [1.807, 2.05) is 133 Å². The average molecular weight is 739 g/mol. The Bertz CT molecular complexity index is 2310.